The number of ketones is 1. The molecule has 0 radical (unpaired) electrons. The van der Waals surface area contributed by atoms with E-state index >= 15 is 0 Å². The number of carbonyl (C=O) groups excluding carboxylic acids is 3. The summed E-state index contributed by atoms with van der Waals surface area (Å²) in [6, 6.07) is 13.9. The van der Waals surface area contributed by atoms with Gasteiger partial charge >= 0.3 is 0 Å². The molecule has 2 amide bonds. The first kappa shape index (κ1) is 20.4. The lowest BCUT2D eigenvalue weighted by Gasteiger charge is -2.22. The molecule has 27 heavy (non-hydrogen) atoms. The van der Waals surface area contributed by atoms with Crippen LogP contribution in [0.2, 0.25) is 0 Å². The molecule has 0 saturated carbocycles. The van der Waals surface area contributed by atoms with Crippen LogP contribution in [0.4, 0.5) is 0 Å². The Morgan fingerprint density at radius 1 is 1.00 bits per heavy atom. The van der Waals surface area contributed by atoms with E-state index in [4.69, 9.17) is 5.73 Å². The van der Waals surface area contributed by atoms with Gasteiger partial charge in [-0.15, -0.1) is 0 Å². The summed E-state index contributed by atoms with van der Waals surface area (Å²) in [5, 5.41) is 0. The van der Waals surface area contributed by atoms with Crippen LogP contribution < -0.4 is 5.73 Å². The minimum absolute atomic E-state index is 0.148. The van der Waals surface area contributed by atoms with Gasteiger partial charge in [0.15, 0.2) is 5.78 Å². The summed E-state index contributed by atoms with van der Waals surface area (Å²) in [4.78, 5) is 37.3. The molecular weight excluding hydrogens is 340 g/mol. The molecule has 0 spiro atoms. The summed E-state index contributed by atoms with van der Waals surface area (Å²) < 4.78 is 0. The van der Waals surface area contributed by atoms with E-state index in [1.165, 1.54) is 4.90 Å². The summed E-state index contributed by atoms with van der Waals surface area (Å²) in [6.07, 6.45) is 2.44. The molecule has 1 atom stereocenters. The van der Waals surface area contributed by atoms with Crippen molar-refractivity contribution < 1.29 is 14.4 Å². The standard InChI is InChI=1S/C22H26N2O3/c1-4-5-9-20(25)17-12-10-16(11-13-17)18-7-6-8-19(14-18)22(27)24(3)15(2)21(23)26/h6-8,10-15H,4-5,9H2,1-3H3,(H2,23,26). The van der Waals surface area contributed by atoms with Gasteiger partial charge in [0.05, 0.1) is 0 Å². The first-order chi connectivity index (χ1) is 12.8. The van der Waals surface area contributed by atoms with Crippen molar-refractivity contribution in [2.24, 2.45) is 5.73 Å². The van der Waals surface area contributed by atoms with E-state index < -0.39 is 11.9 Å². The van der Waals surface area contributed by atoms with Crippen LogP contribution in [0.25, 0.3) is 11.1 Å². The molecule has 0 saturated heterocycles. The topological polar surface area (TPSA) is 80.5 Å². The van der Waals surface area contributed by atoms with Gasteiger partial charge in [0.1, 0.15) is 6.04 Å². The number of hydrogen-bond donors (Lipinski definition) is 1. The van der Waals surface area contributed by atoms with Crippen molar-refractivity contribution in [1.29, 1.82) is 0 Å². The number of likely N-dealkylation sites (N-methyl/N-ethyl adjacent to an activating group) is 1. The van der Waals surface area contributed by atoms with Crippen molar-refractivity contribution >= 4 is 17.6 Å². The first-order valence-electron chi connectivity index (χ1n) is 9.15. The van der Waals surface area contributed by atoms with Gasteiger partial charge in [-0.05, 0) is 36.6 Å². The third kappa shape index (κ3) is 5.03. The summed E-state index contributed by atoms with van der Waals surface area (Å²) in [6.45, 7) is 3.66. The number of unbranched alkanes of at least 4 members (excludes halogenated alkanes) is 1. The molecule has 2 aromatic rings. The largest absolute Gasteiger partial charge is 0.368 e. The molecule has 0 bridgehead atoms. The summed E-state index contributed by atoms with van der Waals surface area (Å²) >= 11 is 0. The highest BCUT2D eigenvalue weighted by Crippen LogP contribution is 2.22. The van der Waals surface area contributed by atoms with Crippen LogP contribution in [-0.2, 0) is 4.79 Å². The Bertz CT molecular complexity index is 828. The fourth-order valence-electron chi connectivity index (χ4n) is 2.73. The maximum atomic E-state index is 12.6. The van der Waals surface area contributed by atoms with Gasteiger partial charge in [-0.2, -0.15) is 0 Å². The van der Waals surface area contributed by atoms with Crippen molar-refractivity contribution in [2.75, 3.05) is 7.05 Å². The molecule has 2 rings (SSSR count). The van der Waals surface area contributed by atoms with Gasteiger partial charge < -0.3 is 10.6 Å². The molecule has 5 heteroatoms. The second kappa shape index (κ2) is 9.12. The third-order valence-electron chi connectivity index (χ3n) is 4.72. The average Bonchev–Trinajstić information content (AvgIpc) is 2.70. The van der Waals surface area contributed by atoms with Crippen LogP contribution in [0.1, 0.15) is 53.8 Å². The van der Waals surface area contributed by atoms with E-state index in [2.05, 4.69) is 6.92 Å². The van der Waals surface area contributed by atoms with Crippen molar-refractivity contribution in [3.63, 3.8) is 0 Å². The van der Waals surface area contributed by atoms with E-state index in [0.29, 0.717) is 17.5 Å². The Balaban J connectivity index is 2.21. The molecule has 0 heterocycles. The number of nitrogens with zero attached hydrogens (tertiary/aromatic N) is 1. The van der Waals surface area contributed by atoms with E-state index in [1.807, 2.05) is 30.3 Å². The Kier molecular flexibility index (Phi) is 6.88. The fourth-order valence-corrected chi connectivity index (χ4v) is 2.73. The Hall–Kier alpha value is -2.95. The van der Waals surface area contributed by atoms with Crippen molar-refractivity contribution in [1.82, 2.24) is 4.90 Å². The van der Waals surface area contributed by atoms with Gasteiger partial charge in [0.2, 0.25) is 5.91 Å². The first-order valence-corrected chi connectivity index (χ1v) is 9.15. The number of primary amides is 1. The third-order valence-corrected chi connectivity index (χ3v) is 4.72. The molecule has 0 aliphatic carbocycles. The van der Waals surface area contributed by atoms with Crippen molar-refractivity contribution in [3.05, 3.63) is 59.7 Å². The number of benzene rings is 2. The second-order valence-corrected chi connectivity index (χ2v) is 6.68. The maximum Gasteiger partial charge on any atom is 0.254 e. The zero-order valence-electron chi connectivity index (χ0n) is 16.1. The van der Waals surface area contributed by atoms with Crippen LogP contribution >= 0.6 is 0 Å². The summed E-state index contributed by atoms with van der Waals surface area (Å²) in [5.74, 6) is -0.672. The molecule has 5 nitrogen and oxygen atoms in total. The lowest BCUT2D eigenvalue weighted by atomic mass is 9.99. The highest BCUT2D eigenvalue weighted by Gasteiger charge is 2.21. The molecule has 2 N–H and O–H groups in total. The lowest BCUT2D eigenvalue weighted by molar-refractivity contribution is -0.121. The van der Waals surface area contributed by atoms with Gasteiger partial charge in [0, 0.05) is 24.6 Å². The minimum Gasteiger partial charge on any atom is -0.368 e. The van der Waals surface area contributed by atoms with Gasteiger partial charge in [0.25, 0.3) is 5.91 Å². The van der Waals surface area contributed by atoms with E-state index in [0.717, 1.165) is 24.0 Å². The number of nitrogens with two attached hydrogens (primary N) is 1. The molecule has 1 unspecified atom stereocenters. The van der Waals surface area contributed by atoms with Crippen LogP contribution in [0.3, 0.4) is 0 Å². The highest BCUT2D eigenvalue weighted by atomic mass is 16.2. The van der Waals surface area contributed by atoms with Crippen molar-refractivity contribution in [3.8, 4) is 11.1 Å². The Morgan fingerprint density at radius 3 is 2.26 bits per heavy atom. The van der Waals surface area contributed by atoms with E-state index in [1.54, 1.807) is 32.2 Å². The van der Waals surface area contributed by atoms with Gasteiger partial charge in [-0.25, -0.2) is 0 Å². The molecule has 142 valence electrons. The molecule has 0 aromatic heterocycles. The normalized spacial score (nSPS) is 11.7. The quantitative estimate of drug-likeness (QED) is 0.724. The fraction of sp³-hybridized carbons (Fsp3) is 0.318. The Morgan fingerprint density at radius 2 is 1.67 bits per heavy atom. The summed E-state index contributed by atoms with van der Waals surface area (Å²) in [7, 11) is 1.56. The van der Waals surface area contributed by atoms with Crippen molar-refractivity contribution in [2.45, 2.75) is 39.2 Å². The number of carbonyl (C=O) groups is 3. The summed E-state index contributed by atoms with van der Waals surface area (Å²) in [5.41, 5.74) is 8.25. The number of rotatable bonds is 8. The lowest BCUT2D eigenvalue weighted by Crippen LogP contribution is -2.43. The predicted molar refractivity (Wildman–Crippen MR) is 106 cm³/mol. The van der Waals surface area contributed by atoms with Gasteiger partial charge in [-0.3, -0.25) is 14.4 Å². The zero-order chi connectivity index (χ0) is 20.0. The van der Waals surface area contributed by atoms with Gasteiger partial charge in [-0.1, -0.05) is 49.7 Å². The highest BCUT2D eigenvalue weighted by molar-refractivity contribution is 5.98. The molecule has 0 aliphatic heterocycles. The molecule has 0 aliphatic rings. The predicted octanol–water partition coefficient (Wildman–Crippen LogP) is 3.67. The second-order valence-electron chi connectivity index (χ2n) is 6.68. The van der Waals surface area contributed by atoms with Crippen LogP contribution in [-0.4, -0.2) is 35.6 Å². The molecule has 2 aromatic carbocycles. The zero-order valence-corrected chi connectivity index (χ0v) is 16.1. The minimum atomic E-state index is -0.686. The monoisotopic (exact) mass is 366 g/mol. The van der Waals surface area contributed by atoms with Crippen LogP contribution in [0.15, 0.2) is 48.5 Å². The number of hydrogen-bond acceptors (Lipinski definition) is 3. The molecular formula is C22H26N2O3. The number of Topliss-reactive ketones (excluding diaryl/α,β-unsaturated/α-hetero) is 1. The Labute approximate surface area is 160 Å². The SMILES string of the molecule is CCCCC(=O)c1ccc(-c2cccc(C(=O)N(C)C(C)C(N)=O)c2)cc1. The number of amides is 2. The smallest absolute Gasteiger partial charge is 0.254 e. The van der Waals surface area contributed by atoms with E-state index in [-0.39, 0.29) is 11.7 Å². The van der Waals surface area contributed by atoms with Crippen LogP contribution in [0, 0.1) is 0 Å². The maximum absolute atomic E-state index is 12.6. The van der Waals surface area contributed by atoms with E-state index in [9.17, 15) is 14.4 Å². The van der Waals surface area contributed by atoms with Crippen LogP contribution in [0.5, 0.6) is 0 Å². The average molecular weight is 366 g/mol. The molecule has 0 fully saturated rings.